The molecular formula is C26H50N2O8. The molecule has 0 aliphatic heterocycles. The molecule has 2 N–H and O–H groups in total. The van der Waals surface area contributed by atoms with Gasteiger partial charge < -0.3 is 34.4 Å². The van der Waals surface area contributed by atoms with Crippen molar-refractivity contribution in [3.8, 4) is 0 Å². The van der Waals surface area contributed by atoms with Gasteiger partial charge in [-0.2, -0.15) is 0 Å². The maximum atomic E-state index is 11.2. The van der Waals surface area contributed by atoms with Crippen molar-refractivity contribution in [1.29, 1.82) is 0 Å². The first-order chi connectivity index (χ1) is 17.3. The highest BCUT2D eigenvalue weighted by atomic mass is 16.5. The summed E-state index contributed by atoms with van der Waals surface area (Å²) in [6.07, 6.45) is 5.75. The van der Waals surface area contributed by atoms with Crippen molar-refractivity contribution < 1.29 is 38.1 Å². The van der Waals surface area contributed by atoms with Gasteiger partial charge in [-0.3, -0.25) is 14.4 Å². The molecular weight excluding hydrogens is 468 g/mol. The summed E-state index contributed by atoms with van der Waals surface area (Å²) < 4.78 is 21.1. The van der Waals surface area contributed by atoms with Crippen molar-refractivity contribution in [2.75, 3.05) is 65.9 Å². The van der Waals surface area contributed by atoms with Crippen LogP contribution < -0.4 is 10.6 Å². The Bertz CT molecular complexity index is 510. The second-order valence-electron chi connectivity index (χ2n) is 8.23. The van der Waals surface area contributed by atoms with Gasteiger partial charge in [0, 0.05) is 58.9 Å². The molecule has 0 aliphatic rings. The molecule has 0 saturated carbocycles. The average molecular weight is 519 g/mol. The van der Waals surface area contributed by atoms with Crippen molar-refractivity contribution in [1.82, 2.24) is 10.6 Å². The van der Waals surface area contributed by atoms with E-state index in [1.54, 1.807) is 6.92 Å². The van der Waals surface area contributed by atoms with Crippen LogP contribution in [0.1, 0.15) is 79.1 Å². The number of Topliss-reactive ketones (excluding diaryl/α,β-unsaturated/α-hetero) is 2. The van der Waals surface area contributed by atoms with Crippen molar-refractivity contribution in [2.45, 2.75) is 79.1 Å². The molecule has 0 aliphatic carbocycles. The number of ether oxygens (including phenoxy) is 4. The molecule has 36 heavy (non-hydrogen) atoms. The van der Waals surface area contributed by atoms with Crippen molar-refractivity contribution in [3.63, 3.8) is 0 Å². The molecule has 0 atom stereocenters. The monoisotopic (exact) mass is 518 g/mol. The quantitative estimate of drug-likeness (QED) is 0.187. The Balaban J connectivity index is 0. The molecule has 0 unspecified atom stereocenters. The lowest BCUT2D eigenvalue weighted by atomic mass is 10.1. The SMILES string of the molecule is CC(=O)CCCOCCOCCNC(C)=O.CCCC(=O)CCCOCCOCCNC(=O)CCC. The van der Waals surface area contributed by atoms with Gasteiger partial charge in [0.2, 0.25) is 11.8 Å². The molecule has 10 heteroatoms. The van der Waals surface area contributed by atoms with E-state index in [0.29, 0.717) is 97.4 Å². The molecule has 2 amide bonds. The summed E-state index contributed by atoms with van der Waals surface area (Å²) in [5, 5.41) is 5.40. The average Bonchev–Trinajstić information content (AvgIpc) is 2.82. The van der Waals surface area contributed by atoms with Gasteiger partial charge in [-0.1, -0.05) is 13.8 Å². The summed E-state index contributed by atoms with van der Waals surface area (Å²) in [5.74, 6) is 0.526. The zero-order valence-corrected chi connectivity index (χ0v) is 23.0. The van der Waals surface area contributed by atoms with Gasteiger partial charge in [-0.05, 0) is 32.6 Å². The van der Waals surface area contributed by atoms with Gasteiger partial charge in [0.05, 0.1) is 39.6 Å². The molecule has 0 heterocycles. The fourth-order valence-corrected chi connectivity index (χ4v) is 2.72. The van der Waals surface area contributed by atoms with Crippen LogP contribution in [-0.4, -0.2) is 89.3 Å². The molecule has 0 fully saturated rings. The van der Waals surface area contributed by atoms with Gasteiger partial charge in [-0.25, -0.2) is 0 Å². The van der Waals surface area contributed by atoms with Crippen LogP contribution in [0.5, 0.6) is 0 Å². The molecule has 0 rings (SSSR count). The largest absolute Gasteiger partial charge is 0.379 e. The third kappa shape index (κ3) is 34.3. The minimum absolute atomic E-state index is 0.0518. The topological polar surface area (TPSA) is 129 Å². The van der Waals surface area contributed by atoms with E-state index >= 15 is 0 Å². The van der Waals surface area contributed by atoms with Crippen molar-refractivity contribution in [2.24, 2.45) is 0 Å². The molecule has 0 aromatic heterocycles. The minimum Gasteiger partial charge on any atom is -0.379 e. The number of carbonyl (C=O) groups excluding carboxylic acids is 4. The molecule has 212 valence electrons. The van der Waals surface area contributed by atoms with E-state index in [1.807, 2.05) is 13.8 Å². The highest BCUT2D eigenvalue weighted by molar-refractivity contribution is 5.78. The maximum Gasteiger partial charge on any atom is 0.220 e. The van der Waals surface area contributed by atoms with E-state index in [0.717, 1.165) is 25.7 Å². The van der Waals surface area contributed by atoms with Crippen LogP contribution in [0.15, 0.2) is 0 Å². The first kappa shape index (κ1) is 36.3. The Morgan fingerprint density at radius 3 is 1.50 bits per heavy atom. The summed E-state index contributed by atoms with van der Waals surface area (Å²) in [6.45, 7) is 12.4. The normalized spacial score (nSPS) is 10.3. The lowest BCUT2D eigenvalue weighted by Crippen LogP contribution is -2.27. The molecule has 0 bridgehead atoms. The third-order valence-electron chi connectivity index (χ3n) is 4.50. The highest BCUT2D eigenvalue weighted by Crippen LogP contribution is 1.98. The van der Waals surface area contributed by atoms with Gasteiger partial charge in [0.25, 0.3) is 0 Å². The first-order valence-corrected chi connectivity index (χ1v) is 13.2. The Kier molecular flexibility index (Phi) is 29.6. The fourth-order valence-electron chi connectivity index (χ4n) is 2.72. The second kappa shape index (κ2) is 29.4. The Hall–Kier alpha value is -1.88. The van der Waals surface area contributed by atoms with E-state index in [-0.39, 0.29) is 17.6 Å². The number of nitrogens with one attached hydrogen (secondary N) is 2. The summed E-state index contributed by atoms with van der Waals surface area (Å²) in [7, 11) is 0. The van der Waals surface area contributed by atoms with Crippen molar-refractivity contribution in [3.05, 3.63) is 0 Å². The molecule has 0 spiro atoms. The van der Waals surface area contributed by atoms with Crippen LogP contribution in [0.4, 0.5) is 0 Å². The molecule has 0 radical (unpaired) electrons. The van der Waals surface area contributed by atoms with Crippen LogP contribution in [0.3, 0.4) is 0 Å². The summed E-state index contributed by atoms with van der Waals surface area (Å²) in [4.78, 5) is 43.4. The molecule has 0 aromatic carbocycles. The zero-order valence-electron chi connectivity index (χ0n) is 23.0. The van der Waals surface area contributed by atoms with Gasteiger partial charge in [0.1, 0.15) is 11.6 Å². The molecule has 10 nitrogen and oxygen atoms in total. The number of hydrogen-bond donors (Lipinski definition) is 2. The highest BCUT2D eigenvalue weighted by Gasteiger charge is 2.00. The predicted molar refractivity (Wildman–Crippen MR) is 139 cm³/mol. The van der Waals surface area contributed by atoms with Crippen LogP contribution >= 0.6 is 0 Å². The van der Waals surface area contributed by atoms with Crippen LogP contribution in [0.25, 0.3) is 0 Å². The fraction of sp³-hybridized carbons (Fsp3) is 0.846. The van der Waals surface area contributed by atoms with E-state index < -0.39 is 0 Å². The Morgan fingerprint density at radius 2 is 1.03 bits per heavy atom. The van der Waals surface area contributed by atoms with Crippen LogP contribution in [-0.2, 0) is 38.1 Å². The molecule has 0 saturated heterocycles. The van der Waals surface area contributed by atoms with Gasteiger partial charge >= 0.3 is 0 Å². The summed E-state index contributed by atoms with van der Waals surface area (Å²) >= 11 is 0. The number of carbonyl (C=O) groups is 4. The number of ketones is 2. The minimum atomic E-state index is -0.0518. The van der Waals surface area contributed by atoms with Crippen molar-refractivity contribution >= 4 is 23.4 Å². The number of rotatable bonds is 24. The molecule has 0 aromatic rings. The van der Waals surface area contributed by atoms with Gasteiger partial charge in [-0.15, -0.1) is 0 Å². The van der Waals surface area contributed by atoms with Gasteiger partial charge in [0.15, 0.2) is 0 Å². The van der Waals surface area contributed by atoms with Crippen LogP contribution in [0, 0.1) is 0 Å². The smallest absolute Gasteiger partial charge is 0.220 e. The van der Waals surface area contributed by atoms with E-state index in [9.17, 15) is 19.2 Å². The Morgan fingerprint density at radius 1 is 0.556 bits per heavy atom. The lowest BCUT2D eigenvalue weighted by Gasteiger charge is -2.07. The zero-order chi connectivity index (χ0) is 27.3. The number of hydrogen-bond acceptors (Lipinski definition) is 8. The summed E-state index contributed by atoms with van der Waals surface area (Å²) in [6, 6.07) is 0. The number of amides is 2. The summed E-state index contributed by atoms with van der Waals surface area (Å²) in [5.41, 5.74) is 0. The Labute approximate surface area is 217 Å². The first-order valence-electron chi connectivity index (χ1n) is 13.2. The van der Waals surface area contributed by atoms with E-state index in [1.165, 1.54) is 6.92 Å². The lowest BCUT2D eigenvalue weighted by molar-refractivity contribution is -0.121. The van der Waals surface area contributed by atoms with E-state index in [2.05, 4.69) is 10.6 Å². The third-order valence-corrected chi connectivity index (χ3v) is 4.50. The second-order valence-corrected chi connectivity index (χ2v) is 8.23. The van der Waals surface area contributed by atoms with E-state index in [4.69, 9.17) is 18.9 Å². The standard InChI is InChI=1S/C15H29NO4.C11H21NO4/c1-3-6-14(17)8-5-10-19-12-13-20-11-9-16-15(18)7-4-2;1-10(13)4-3-6-15-8-9-16-7-5-12-11(2)14/h3-13H2,1-2H3,(H,16,18);3-9H2,1-2H3,(H,12,14). The maximum absolute atomic E-state index is 11.2. The predicted octanol–water partition coefficient (Wildman–Crippen LogP) is 2.61. The van der Waals surface area contributed by atoms with Crippen LogP contribution in [0.2, 0.25) is 0 Å².